The van der Waals surface area contributed by atoms with Crippen LogP contribution in [0.2, 0.25) is 0 Å². The van der Waals surface area contributed by atoms with Crippen LogP contribution in [-0.4, -0.2) is 48.6 Å². The number of hydrazine groups is 1. The number of carbonyl (C=O) groups excluding carboxylic acids is 2. The van der Waals surface area contributed by atoms with E-state index in [1.165, 1.54) is 10.0 Å². The van der Waals surface area contributed by atoms with Gasteiger partial charge in [-0.3, -0.25) is 14.6 Å². The number of ether oxygens (including phenoxy) is 1. The van der Waals surface area contributed by atoms with Crippen molar-refractivity contribution in [2.24, 2.45) is 0 Å². The highest BCUT2D eigenvalue weighted by atomic mass is 79.9. The van der Waals surface area contributed by atoms with E-state index in [1.54, 1.807) is 19.2 Å². The zero-order valence-electron chi connectivity index (χ0n) is 11.3. The first kappa shape index (κ1) is 15.0. The second-order valence-corrected chi connectivity index (χ2v) is 5.46. The molecule has 1 fully saturated rings. The minimum Gasteiger partial charge on any atom is -0.384 e. The van der Waals surface area contributed by atoms with E-state index in [9.17, 15) is 9.59 Å². The van der Waals surface area contributed by atoms with Gasteiger partial charge in [-0.05, 0) is 30.7 Å². The Morgan fingerprint density at radius 3 is 2.50 bits per heavy atom. The molecule has 1 aromatic carbocycles. The van der Waals surface area contributed by atoms with Crippen LogP contribution in [-0.2, 0) is 9.53 Å². The number of halogens is 1. The van der Waals surface area contributed by atoms with Gasteiger partial charge in [0, 0.05) is 30.2 Å². The lowest BCUT2D eigenvalue weighted by Crippen LogP contribution is -2.45. The van der Waals surface area contributed by atoms with Gasteiger partial charge >= 0.3 is 0 Å². The number of nitrogens with zero attached hydrogens (tertiary/aromatic N) is 2. The Bertz CT molecular complexity index is 490. The second-order valence-electron chi connectivity index (χ2n) is 4.55. The van der Waals surface area contributed by atoms with E-state index in [1.807, 2.05) is 12.1 Å². The topological polar surface area (TPSA) is 49.9 Å². The summed E-state index contributed by atoms with van der Waals surface area (Å²) in [5, 5.41) is 3.06. The van der Waals surface area contributed by atoms with E-state index < -0.39 is 0 Å². The van der Waals surface area contributed by atoms with Gasteiger partial charge in [0.25, 0.3) is 5.91 Å². The zero-order chi connectivity index (χ0) is 14.5. The fourth-order valence-electron chi connectivity index (χ4n) is 2.14. The lowest BCUT2D eigenvalue weighted by molar-refractivity contribution is -0.141. The van der Waals surface area contributed by atoms with Gasteiger partial charge in [0.05, 0.1) is 13.0 Å². The van der Waals surface area contributed by atoms with Gasteiger partial charge < -0.3 is 4.74 Å². The van der Waals surface area contributed by atoms with E-state index in [4.69, 9.17) is 4.74 Å². The van der Waals surface area contributed by atoms with Crippen molar-refractivity contribution in [2.75, 3.05) is 26.8 Å². The summed E-state index contributed by atoms with van der Waals surface area (Å²) in [6.45, 7) is 1.54. The van der Waals surface area contributed by atoms with Crippen LogP contribution >= 0.6 is 15.9 Å². The summed E-state index contributed by atoms with van der Waals surface area (Å²) in [4.78, 5) is 24.5. The minimum absolute atomic E-state index is 0.0742. The quantitative estimate of drug-likeness (QED) is 0.843. The molecule has 0 unspecified atom stereocenters. The molecular weight excluding hydrogens is 324 g/mol. The smallest absolute Gasteiger partial charge is 0.272 e. The van der Waals surface area contributed by atoms with Crippen molar-refractivity contribution in [3.63, 3.8) is 0 Å². The largest absolute Gasteiger partial charge is 0.384 e. The van der Waals surface area contributed by atoms with Crippen molar-refractivity contribution >= 4 is 27.7 Å². The third kappa shape index (κ3) is 3.37. The molecule has 5 nitrogen and oxygen atoms in total. The second kappa shape index (κ2) is 6.85. The van der Waals surface area contributed by atoms with Crippen molar-refractivity contribution < 1.29 is 14.3 Å². The molecule has 6 heteroatoms. The van der Waals surface area contributed by atoms with Crippen molar-refractivity contribution in [3.8, 4) is 0 Å². The van der Waals surface area contributed by atoms with E-state index >= 15 is 0 Å². The van der Waals surface area contributed by atoms with E-state index in [-0.39, 0.29) is 11.8 Å². The summed E-state index contributed by atoms with van der Waals surface area (Å²) in [5.74, 6) is -0.212. The van der Waals surface area contributed by atoms with Gasteiger partial charge in [-0.2, -0.15) is 0 Å². The fourth-order valence-corrected chi connectivity index (χ4v) is 2.41. The fraction of sp³-hybridized carbons (Fsp3) is 0.429. The van der Waals surface area contributed by atoms with E-state index in [0.717, 1.165) is 10.9 Å². The van der Waals surface area contributed by atoms with Crippen LogP contribution in [0.1, 0.15) is 23.2 Å². The first-order valence-electron chi connectivity index (χ1n) is 6.50. The van der Waals surface area contributed by atoms with Crippen LogP contribution in [0, 0.1) is 0 Å². The average molecular weight is 341 g/mol. The molecule has 2 amide bonds. The van der Waals surface area contributed by atoms with Crippen LogP contribution in [0.15, 0.2) is 28.7 Å². The molecule has 1 aliphatic heterocycles. The summed E-state index contributed by atoms with van der Waals surface area (Å²) in [7, 11) is 1.56. The lowest BCUT2D eigenvalue weighted by Gasteiger charge is -2.28. The number of hydrogen-bond donors (Lipinski definition) is 0. The number of carbonyl (C=O) groups is 2. The highest BCUT2D eigenvalue weighted by Gasteiger charge is 2.30. The Kier molecular flexibility index (Phi) is 5.14. The Balaban J connectivity index is 2.08. The standard InChI is InChI=1S/C14H17BrN2O3/c1-20-10-7-13(18)16-8-2-9-17(16)14(19)11-3-5-12(15)6-4-11/h3-6H,2,7-10H2,1H3. The molecule has 108 valence electrons. The predicted molar refractivity (Wildman–Crippen MR) is 78.0 cm³/mol. The number of rotatable bonds is 4. The summed E-state index contributed by atoms with van der Waals surface area (Å²) in [6.07, 6.45) is 1.10. The van der Waals surface area contributed by atoms with Crippen LogP contribution in [0.3, 0.4) is 0 Å². The Labute approximate surface area is 126 Å². The molecule has 0 N–H and O–H groups in total. The third-order valence-corrected chi connectivity index (χ3v) is 3.69. The number of amides is 2. The maximum atomic E-state index is 12.4. The zero-order valence-corrected chi connectivity index (χ0v) is 12.9. The van der Waals surface area contributed by atoms with Crippen molar-refractivity contribution in [1.82, 2.24) is 10.0 Å². The Morgan fingerprint density at radius 2 is 1.85 bits per heavy atom. The highest BCUT2D eigenvalue weighted by Crippen LogP contribution is 2.18. The Morgan fingerprint density at radius 1 is 1.20 bits per heavy atom. The molecule has 1 heterocycles. The van der Waals surface area contributed by atoms with E-state index in [2.05, 4.69) is 15.9 Å². The number of benzene rings is 1. The summed E-state index contributed by atoms with van der Waals surface area (Å²) < 4.78 is 5.83. The molecule has 0 saturated carbocycles. The molecule has 0 radical (unpaired) electrons. The predicted octanol–water partition coefficient (Wildman–Crippen LogP) is 2.08. The SMILES string of the molecule is COCCC(=O)N1CCCN1C(=O)c1ccc(Br)cc1. The molecule has 1 aromatic rings. The average Bonchev–Trinajstić information content (AvgIpc) is 2.94. The first-order chi connectivity index (χ1) is 9.63. The monoisotopic (exact) mass is 340 g/mol. The normalized spacial score (nSPS) is 14.7. The number of hydrogen-bond acceptors (Lipinski definition) is 3. The van der Waals surface area contributed by atoms with Gasteiger partial charge in [-0.1, -0.05) is 15.9 Å². The van der Waals surface area contributed by atoms with Gasteiger partial charge in [0.2, 0.25) is 5.91 Å². The Hall–Kier alpha value is -1.40. The summed E-state index contributed by atoms with van der Waals surface area (Å²) >= 11 is 3.34. The highest BCUT2D eigenvalue weighted by molar-refractivity contribution is 9.10. The number of methoxy groups -OCH3 is 1. The summed E-state index contributed by atoms with van der Waals surface area (Å²) in [5.41, 5.74) is 0.583. The third-order valence-electron chi connectivity index (χ3n) is 3.16. The molecule has 0 aliphatic carbocycles. The van der Waals surface area contributed by atoms with Crippen LogP contribution in [0.5, 0.6) is 0 Å². The molecule has 20 heavy (non-hydrogen) atoms. The van der Waals surface area contributed by atoms with Crippen LogP contribution in [0.4, 0.5) is 0 Å². The maximum absolute atomic E-state index is 12.4. The van der Waals surface area contributed by atoms with Gasteiger partial charge in [0.1, 0.15) is 0 Å². The van der Waals surface area contributed by atoms with Crippen molar-refractivity contribution in [1.29, 1.82) is 0 Å². The molecule has 1 aliphatic rings. The summed E-state index contributed by atoms with van der Waals surface area (Å²) in [6, 6.07) is 7.14. The molecule has 1 saturated heterocycles. The first-order valence-corrected chi connectivity index (χ1v) is 7.29. The molecule has 0 atom stereocenters. The minimum atomic E-state index is -0.138. The van der Waals surface area contributed by atoms with Crippen LogP contribution in [0.25, 0.3) is 0 Å². The molecular formula is C14H17BrN2O3. The van der Waals surface area contributed by atoms with Gasteiger partial charge in [0.15, 0.2) is 0 Å². The van der Waals surface area contributed by atoms with Gasteiger partial charge in [-0.15, -0.1) is 0 Å². The van der Waals surface area contributed by atoms with Gasteiger partial charge in [-0.25, -0.2) is 5.01 Å². The molecule has 0 bridgehead atoms. The molecule has 0 spiro atoms. The lowest BCUT2D eigenvalue weighted by atomic mass is 10.2. The van der Waals surface area contributed by atoms with Crippen LogP contribution < -0.4 is 0 Å². The molecule has 2 rings (SSSR count). The maximum Gasteiger partial charge on any atom is 0.272 e. The molecule has 0 aromatic heterocycles. The van der Waals surface area contributed by atoms with Crippen molar-refractivity contribution in [2.45, 2.75) is 12.8 Å². The van der Waals surface area contributed by atoms with E-state index in [0.29, 0.717) is 31.7 Å². The van der Waals surface area contributed by atoms with Crippen molar-refractivity contribution in [3.05, 3.63) is 34.3 Å².